The summed E-state index contributed by atoms with van der Waals surface area (Å²) in [5.74, 6) is 0. The lowest BCUT2D eigenvalue weighted by atomic mass is 10.5. The Morgan fingerprint density at radius 1 is 1.42 bits per heavy atom. The van der Waals surface area contributed by atoms with Crippen molar-refractivity contribution in [1.29, 1.82) is 0 Å². The van der Waals surface area contributed by atoms with E-state index in [0.717, 1.165) is 11.0 Å². The molecule has 0 bridgehead atoms. The molecule has 0 atom stereocenters. The average molecular weight is 219 g/mol. The Kier molecular flexibility index (Phi) is 11.1. The number of carbonyl (C=O) groups is 1. The van der Waals surface area contributed by atoms with Crippen molar-refractivity contribution in [2.75, 3.05) is 34.3 Å². The van der Waals surface area contributed by atoms with Crippen LogP contribution in [0.5, 0.6) is 0 Å². The minimum absolute atomic E-state index is 0. The zero-order valence-corrected chi connectivity index (χ0v) is 9.11. The molecule has 0 aliphatic carbocycles. The van der Waals surface area contributed by atoms with Gasteiger partial charge in [0.05, 0.1) is 21.1 Å². The molecule has 1 amide bonds. The van der Waals surface area contributed by atoms with Crippen molar-refractivity contribution in [1.82, 2.24) is 0 Å². The Hall–Kier alpha value is -0.190. The maximum atomic E-state index is 10.1. The van der Waals surface area contributed by atoms with Gasteiger partial charge < -0.3 is 27.4 Å². The molecule has 6 heteroatoms. The lowest BCUT2D eigenvalue weighted by Gasteiger charge is -2.22. The van der Waals surface area contributed by atoms with Crippen molar-refractivity contribution in [3.8, 4) is 0 Å². The largest absolute Gasteiger partial charge is 1.00 e. The fraction of sp³-hybridized carbons (Fsp3) is 0.833. The number of quaternary nitrogens is 1. The molecule has 2 N–H and O–H groups in total. The predicted octanol–water partition coefficient (Wildman–Crippen LogP) is -2.79. The van der Waals surface area contributed by atoms with Crippen molar-refractivity contribution in [3.05, 3.63) is 0 Å². The Labute approximate surface area is 85.5 Å². The molecule has 0 aromatic carbocycles. The second kappa shape index (κ2) is 7.46. The van der Waals surface area contributed by atoms with Crippen LogP contribution in [0.3, 0.4) is 0 Å². The summed E-state index contributed by atoms with van der Waals surface area (Å²) in [6.07, 6.45) is -0.701. The van der Waals surface area contributed by atoms with Crippen molar-refractivity contribution in [2.24, 2.45) is 5.73 Å². The highest BCUT2D eigenvalue weighted by Gasteiger charge is 2.06. The molecule has 0 saturated carbocycles. The van der Waals surface area contributed by atoms with E-state index in [-0.39, 0.29) is 24.8 Å². The van der Waals surface area contributed by atoms with Crippen LogP contribution in [-0.2, 0) is 4.74 Å². The maximum absolute atomic E-state index is 10.1. The van der Waals surface area contributed by atoms with Crippen LogP contribution >= 0.6 is 12.4 Å². The first-order valence-corrected chi connectivity index (χ1v) is 3.14. The molecule has 0 radical (unpaired) electrons. The molecule has 0 heterocycles. The van der Waals surface area contributed by atoms with Crippen molar-refractivity contribution < 1.29 is 26.4 Å². The molecule has 0 aromatic heterocycles. The average Bonchev–Trinajstić information content (AvgIpc) is 1.59. The van der Waals surface area contributed by atoms with Gasteiger partial charge in [0.15, 0.2) is 0 Å². The van der Waals surface area contributed by atoms with E-state index in [1.54, 1.807) is 0 Å². The van der Waals surface area contributed by atoms with Gasteiger partial charge >= 0.3 is 6.09 Å². The van der Waals surface area contributed by atoms with Gasteiger partial charge in [-0.3, -0.25) is 0 Å². The molecule has 0 spiro atoms. The number of rotatable bonds is 3. The first-order chi connectivity index (χ1) is 4.42. The third-order valence-electron chi connectivity index (χ3n) is 1.01. The fourth-order valence-corrected chi connectivity index (χ4v) is 0.420. The third kappa shape index (κ3) is 16.4. The van der Waals surface area contributed by atoms with Crippen LogP contribution < -0.4 is 18.1 Å². The van der Waals surface area contributed by atoms with E-state index in [9.17, 15) is 4.79 Å². The van der Waals surface area contributed by atoms with E-state index < -0.39 is 6.09 Å². The number of ether oxygens (including phenoxy) is 1. The lowest BCUT2D eigenvalue weighted by molar-refractivity contribution is -0.870. The van der Waals surface area contributed by atoms with Gasteiger partial charge in [0.25, 0.3) is 0 Å². The van der Waals surface area contributed by atoms with E-state index in [1.807, 2.05) is 21.1 Å². The van der Waals surface area contributed by atoms with Crippen LogP contribution in [0.25, 0.3) is 0 Å². The van der Waals surface area contributed by atoms with Gasteiger partial charge in [0.2, 0.25) is 0 Å². The summed E-state index contributed by atoms with van der Waals surface area (Å²) < 4.78 is 5.31. The number of hydrogen-bond acceptors (Lipinski definition) is 2. The quantitative estimate of drug-likeness (QED) is 0.522. The Morgan fingerprint density at radius 3 is 2.08 bits per heavy atom. The molecule has 0 aromatic rings. The van der Waals surface area contributed by atoms with Gasteiger partial charge in [0, 0.05) is 0 Å². The Balaban J connectivity index is -0.000000405. The highest BCUT2D eigenvalue weighted by atomic mass is 35.5. The van der Waals surface area contributed by atoms with Gasteiger partial charge in [-0.25, -0.2) is 4.79 Å². The number of carbonyl (C=O) groups excluding carboxylic acids is 1. The summed E-state index contributed by atoms with van der Waals surface area (Å²) in [5, 5.41) is 0. The molecule has 76 valence electrons. The van der Waals surface area contributed by atoms with Crippen LogP contribution in [0.15, 0.2) is 0 Å². The van der Waals surface area contributed by atoms with Crippen LogP contribution in [0.2, 0.25) is 0 Å². The second-order valence-corrected chi connectivity index (χ2v) is 3.18. The van der Waals surface area contributed by atoms with Crippen LogP contribution in [-0.4, -0.2) is 44.9 Å². The van der Waals surface area contributed by atoms with E-state index >= 15 is 0 Å². The van der Waals surface area contributed by atoms with Gasteiger partial charge in [-0.1, -0.05) is 0 Å². The van der Waals surface area contributed by atoms with Crippen molar-refractivity contribution in [2.45, 2.75) is 0 Å². The van der Waals surface area contributed by atoms with Crippen LogP contribution in [0, 0.1) is 0 Å². The highest BCUT2D eigenvalue weighted by Crippen LogP contribution is 1.88. The van der Waals surface area contributed by atoms with Gasteiger partial charge in [-0.05, 0) is 0 Å². The van der Waals surface area contributed by atoms with Crippen molar-refractivity contribution in [3.63, 3.8) is 0 Å². The second-order valence-electron chi connectivity index (χ2n) is 3.18. The lowest BCUT2D eigenvalue weighted by Crippen LogP contribution is -3.00. The maximum Gasteiger partial charge on any atom is 0.404 e. The zero-order valence-electron chi connectivity index (χ0n) is 7.54. The number of amides is 1. The molecule has 4 nitrogen and oxygen atoms in total. The number of nitrogens with zero attached hydrogens (tertiary/aromatic N) is 1. The van der Waals surface area contributed by atoms with Crippen LogP contribution in [0.4, 0.5) is 4.79 Å². The zero-order chi connectivity index (χ0) is 8.20. The molecule has 0 fully saturated rings. The number of halogens is 2. The fourth-order valence-electron chi connectivity index (χ4n) is 0.420. The van der Waals surface area contributed by atoms with Gasteiger partial charge in [0.1, 0.15) is 13.2 Å². The molecule has 0 rings (SSSR count). The third-order valence-corrected chi connectivity index (χ3v) is 1.01. The van der Waals surface area contributed by atoms with Crippen molar-refractivity contribution >= 4 is 18.5 Å². The minimum atomic E-state index is -0.701. The normalized spacial score (nSPS) is 9.25. The van der Waals surface area contributed by atoms with E-state index in [0.29, 0.717) is 6.61 Å². The molecule has 12 heavy (non-hydrogen) atoms. The van der Waals surface area contributed by atoms with E-state index in [4.69, 9.17) is 5.73 Å². The van der Waals surface area contributed by atoms with E-state index in [2.05, 4.69) is 4.74 Å². The van der Waals surface area contributed by atoms with Gasteiger partial charge in [-0.15, -0.1) is 12.4 Å². The first kappa shape index (κ1) is 17.8. The predicted molar refractivity (Wildman–Crippen MR) is 45.7 cm³/mol. The van der Waals surface area contributed by atoms with Crippen LogP contribution in [0.1, 0.15) is 0 Å². The summed E-state index contributed by atoms with van der Waals surface area (Å²) in [7, 11) is 6.05. The van der Waals surface area contributed by atoms with E-state index in [1.165, 1.54) is 0 Å². The number of likely N-dealkylation sites (N-methyl/N-ethyl adjacent to an activating group) is 1. The summed E-state index contributed by atoms with van der Waals surface area (Å²) in [6.45, 7) is 1.17. The first-order valence-electron chi connectivity index (χ1n) is 3.14. The highest BCUT2D eigenvalue weighted by molar-refractivity contribution is 5.85. The number of nitrogens with two attached hydrogens (primary N) is 1. The minimum Gasteiger partial charge on any atom is -1.00 e. The molecular formula is C6H16Cl2N2O2. The summed E-state index contributed by atoms with van der Waals surface area (Å²) in [6, 6.07) is 0. The molecular weight excluding hydrogens is 203 g/mol. The standard InChI is InChI=1S/C6H14N2O2.2ClH/c1-8(2,3)4-5-10-6(7)9;;/h4-5H2,1-3H3,(H-,7,9);2*1H. The monoisotopic (exact) mass is 218 g/mol. The number of primary amides is 1. The topological polar surface area (TPSA) is 52.3 Å². The summed E-state index contributed by atoms with van der Waals surface area (Å²) in [5.41, 5.74) is 4.75. The molecule has 0 aliphatic rings. The smallest absolute Gasteiger partial charge is 0.404 e. The van der Waals surface area contributed by atoms with Gasteiger partial charge in [-0.2, -0.15) is 0 Å². The number of hydrogen-bond donors (Lipinski definition) is 1. The molecule has 0 aliphatic heterocycles. The summed E-state index contributed by atoms with van der Waals surface area (Å²) >= 11 is 0. The SMILES string of the molecule is C[N+](C)(C)CCOC(N)=O.Cl.[Cl-]. The Morgan fingerprint density at radius 2 is 1.83 bits per heavy atom. The Bertz CT molecular complexity index is 125. The summed E-state index contributed by atoms with van der Waals surface area (Å²) in [4.78, 5) is 10.1. The molecule has 0 saturated heterocycles. The molecule has 0 unspecified atom stereocenters.